The van der Waals surface area contributed by atoms with E-state index in [0.717, 1.165) is 16.9 Å². The van der Waals surface area contributed by atoms with E-state index in [9.17, 15) is 0 Å². The molecular weight excluding hydrogens is 293 g/mol. The number of nitrogens with one attached hydrogen (secondary N) is 1. The van der Waals surface area contributed by atoms with Gasteiger partial charge in [-0.05, 0) is 24.6 Å². The topological polar surface area (TPSA) is 28.2 Å². The van der Waals surface area contributed by atoms with E-state index in [1.165, 1.54) is 0 Å². The summed E-state index contributed by atoms with van der Waals surface area (Å²) in [4.78, 5) is 6.20. The SMILES string of the molecule is CC(Nc1cnccc1N(C)C)c1cccc(Cl)c1Cl. The molecule has 0 amide bonds. The first-order valence-corrected chi connectivity index (χ1v) is 7.08. The van der Waals surface area contributed by atoms with Crippen molar-refractivity contribution in [3.63, 3.8) is 0 Å². The number of hydrogen-bond acceptors (Lipinski definition) is 3. The third-order valence-electron chi connectivity index (χ3n) is 3.10. The van der Waals surface area contributed by atoms with Gasteiger partial charge >= 0.3 is 0 Å². The predicted octanol–water partition coefficient (Wildman–Crippen LogP) is 4.63. The van der Waals surface area contributed by atoms with Crippen LogP contribution in [-0.2, 0) is 0 Å². The molecule has 2 rings (SSSR count). The van der Waals surface area contributed by atoms with E-state index in [1.54, 1.807) is 12.3 Å². The molecule has 0 fully saturated rings. The van der Waals surface area contributed by atoms with E-state index in [2.05, 4.69) is 10.3 Å². The highest BCUT2D eigenvalue weighted by atomic mass is 35.5. The van der Waals surface area contributed by atoms with Gasteiger partial charge in [-0.15, -0.1) is 0 Å². The molecule has 1 aromatic heterocycles. The van der Waals surface area contributed by atoms with Gasteiger partial charge in [0.1, 0.15) is 0 Å². The van der Waals surface area contributed by atoms with Crippen LogP contribution in [0.25, 0.3) is 0 Å². The molecule has 0 radical (unpaired) electrons. The van der Waals surface area contributed by atoms with Gasteiger partial charge in [-0.3, -0.25) is 4.98 Å². The minimum absolute atomic E-state index is 0.0316. The number of aromatic nitrogens is 1. The maximum atomic E-state index is 6.26. The molecule has 1 heterocycles. The first kappa shape index (κ1) is 14.9. The Balaban J connectivity index is 2.28. The highest BCUT2D eigenvalue weighted by Gasteiger charge is 2.13. The highest BCUT2D eigenvalue weighted by molar-refractivity contribution is 6.42. The summed E-state index contributed by atoms with van der Waals surface area (Å²) in [6, 6.07) is 7.66. The fourth-order valence-electron chi connectivity index (χ4n) is 2.05. The Morgan fingerprint density at radius 2 is 1.95 bits per heavy atom. The Hall–Kier alpha value is -1.45. The molecule has 5 heteroatoms. The summed E-state index contributed by atoms with van der Waals surface area (Å²) in [6.07, 6.45) is 3.59. The summed E-state index contributed by atoms with van der Waals surface area (Å²) >= 11 is 12.3. The maximum Gasteiger partial charge on any atom is 0.0768 e. The third kappa shape index (κ3) is 3.17. The van der Waals surface area contributed by atoms with E-state index in [0.29, 0.717) is 10.0 Å². The van der Waals surface area contributed by atoms with Crippen LogP contribution in [0.5, 0.6) is 0 Å². The monoisotopic (exact) mass is 309 g/mol. The summed E-state index contributed by atoms with van der Waals surface area (Å²) in [5.74, 6) is 0. The van der Waals surface area contributed by atoms with Crippen LogP contribution in [0.1, 0.15) is 18.5 Å². The molecule has 0 saturated carbocycles. The lowest BCUT2D eigenvalue weighted by Crippen LogP contribution is -2.14. The molecule has 20 heavy (non-hydrogen) atoms. The number of rotatable bonds is 4. The normalized spacial score (nSPS) is 12.1. The standard InChI is InChI=1S/C15H17Cl2N3/c1-10(11-5-4-6-12(16)15(11)17)19-13-9-18-8-7-14(13)20(2)3/h4-10,19H,1-3H3. The zero-order valence-corrected chi connectivity index (χ0v) is 13.2. The van der Waals surface area contributed by atoms with Crippen LogP contribution in [0.3, 0.4) is 0 Å². The molecule has 2 aromatic rings. The summed E-state index contributed by atoms with van der Waals surface area (Å²) in [5, 5.41) is 4.58. The van der Waals surface area contributed by atoms with Gasteiger partial charge in [0.05, 0.1) is 33.7 Å². The van der Waals surface area contributed by atoms with Crippen LogP contribution in [0.15, 0.2) is 36.7 Å². The van der Waals surface area contributed by atoms with Crippen LogP contribution in [-0.4, -0.2) is 19.1 Å². The van der Waals surface area contributed by atoms with E-state index >= 15 is 0 Å². The molecule has 0 bridgehead atoms. The summed E-state index contributed by atoms with van der Waals surface area (Å²) in [5.41, 5.74) is 3.00. The van der Waals surface area contributed by atoms with E-state index in [-0.39, 0.29) is 6.04 Å². The van der Waals surface area contributed by atoms with Gasteiger partial charge in [0.2, 0.25) is 0 Å². The lowest BCUT2D eigenvalue weighted by Gasteiger charge is -2.22. The zero-order chi connectivity index (χ0) is 14.7. The Labute approximate surface area is 129 Å². The average molecular weight is 310 g/mol. The highest BCUT2D eigenvalue weighted by Crippen LogP contribution is 2.33. The second kappa shape index (κ2) is 6.33. The number of benzene rings is 1. The van der Waals surface area contributed by atoms with Crippen molar-refractivity contribution in [3.8, 4) is 0 Å². The average Bonchev–Trinajstić information content (AvgIpc) is 2.42. The van der Waals surface area contributed by atoms with Crippen molar-refractivity contribution < 1.29 is 0 Å². The number of anilines is 2. The largest absolute Gasteiger partial charge is 0.376 e. The Morgan fingerprint density at radius 1 is 1.20 bits per heavy atom. The summed E-state index contributed by atoms with van der Waals surface area (Å²) in [6.45, 7) is 2.05. The van der Waals surface area contributed by atoms with Crippen molar-refractivity contribution in [1.29, 1.82) is 0 Å². The molecule has 1 N–H and O–H groups in total. The van der Waals surface area contributed by atoms with Gasteiger partial charge in [0, 0.05) is 20.3 Å². The summed E-state index contributed by atoms with van der Waals surface area (Å²) < 4.78 is 0. The number of nitrogens with zero attached hydrogens (tertiary/aromatic N) is 2. The Kier molecular flexibility index (Phi) is 4.73. The second-order valence-electron chi connectivity index (χ2n) is 4.80. The lowest BCUT2D eigenvalue weighted by molar-refractivity contribution is 0.881. The minimum atomic E-state index is 0.0316. The third-order valence-corrected chi connectivity index (χ3v) is 3.93. The fraction of sp³-hybridized carbons (Fsp3) is 0.267. The van der Waals surface area contributed by atoms with E-state index < -0.39 is 0 Å². The molecule has 0 spiro atoms. The van der Waals surface area contributed by atoms with Crippen LogP contribution in [0, 0.1) is 0 Å². The van der Waals surface area contributed by atoms with Crippen molar-refractivity contribution in [3.05, 3.63) is 52.3 Å². The molecular formula is C15H17Cl2N3. The van der Waals surface area contributed by atoms with Crippen molar-refractivity contribution in [2.75, 3.05) is 24.3 Å². The van der Waals surface area contributed by atoms with Gasteiger partial charge in [-0.25, -0.2) is 0 Å². The van der Waals surface area contributed by atoms with Gasteiger partial charge in [0.15, 0.2) is 0 Å². The molecule has 0 saturated heterocycles. The van der Waals surface area contributed by atoms with Crippen LogP contribution in [0.2, 0.25) is 10.0 Å². The smallest absolute Gasteiger partial charge is 0.0768 e. The molecule has 0 aliphatic rings. The molecule has 1 aromatic carbocycles. The van der Waals surface area contributed by atoms with Crippen molar-refractivity contribution in [2.24, 2.45) is 0 Å². The Bertz CT molecular complexity index is 599. The molecule has 1 unspecified atom stereocenters. The first-order valence-electron chi connectivity index (χ1n) is 6.32. The summed E-state index contributed by atoms with van der Waals surface area (Å²) in [7, 11) is 4.00. The van der Waals surface area contributed by atoms with Gasteiger partial charge in [-0.1, -0.05) is 35.3 Å². The molecule has 106 valence electrons. The quantitative estimate of drug-likeness (QED) is 0.892. The maximum absolute atomic E-state index is 6.26. The van der Waals surface area contributed by atoms with Crippen molar-refractivity contribution in [1.82, 2.24) is 4.98 Å². The first-order chi connectivity index (χ1) is 9.50. The molecule has 0 aliphatic carbocycles. The van der Waals surface area contributed by atoms with E-state index in [1.807, 2.05) is 50.3 Å². The molecule has 0 aliphatic heterocycles. The van der Waals surface area contributed by atoms with Crippen LogP contribution >= 0.6 is 23.2 Å². The van der Waals surface area contributed by atoms with Gasteiger partial charge in [0.25, 0.3) is 0 Å². The van der Waals surface area contributed by atoms with E-state index in [4.69, 9.17) is 23.2 Å². The van der Waals surface area contributed by atoms with Gasteiger partial charge < -0.3 is 10.2 Å². The van der Waals surface area contributed by atoms with Gasteiger partial charge in [-0.2, -0.15) is 0 Å². The second-order valence-corrected chi connectivity index (χ2v) is 5.58. The lowest BCUT2D eigenvalue weighted by atomic mass is 10.1. The minimum Gasteiger partial charge on any atom is -0.376 e. The Morgan fingerprint density at radius 3 is 2.65 bits per heavy atom. The number of hydrogen-bond donors (Lipinski definition) is 1. The van der Waals surface area contributed by atoms with Crippen molar-refractivity contribution in [2.45, 2.75) is 13.0 Å². The zero-order valence-electron chi connectivity index (χ0n) is 11.7. The predicted molar refractivity (Wildman–Crippen MR) is 87.1 cm³/mol. The van der Waals surface area contributed by atoms with Crippen LogP contribution < -0.4 is 10.2 Å². The molecule has 3 nitrogen and oxygen atoms in total. The van der Waals surface area contributed by atoms with Crippen molar-refractivity contribution >= 4 is 34.6 Å². The van der Waals surface area contributed by atoms with Crippen LogP contribution in [0.4, 0.5) is 11.4 Å². The number of pyridine rings is 1. The fourth-order valence-corrected chi connectivity index (χ4v) is 2.53. The molecule has 1 atom stereocenters. The number of halogens is 2.